The van der Waals surface area contributed by atoms with E-state index < -0.39 is 23.4 Å². The van der Waals surface area contributed by atoms with Crippen LogP contribution in [0, 0.1) is 52.3 Å². The number of hydrogen-bond acceptors (Lipinski definition) is 4. The molecule has 0 aliphatic heterocycles. The molecular formula is C25H40O5. The van der Waals surface area contributed by atoms with Crippen LogP contribution in [0.25, 0.3) is 0 Å². The van der Waals surface area contributed by atoms with E-state index in [0.717, 1.165) is 38.5 Å². The van der Waals surface area contributed by atoms with Gasteiger partial charge >= 0.3 is 5.97 Å². The monoisotopic (exact) mass is 420 g/mol. The minimum Gasteiger partial charge on any atom is -0.481 e. The van der Waals surface area contributed by atoms with Crippen molar-refractivity contribution in [3.8, 4) is 0 Å². The van der Waals surface area contributed by atoms with Crippen LogP contribution in [0.15, 0.2) is 0 Å². The Morgan fingerprint density at radius 2 is 1.80 bits per heavy atom. The van der Waals surface area contributed by atoms with Crippen molar-refractivity contribution in [3.63, 3.8) is 0 Å². The number of carbonyl (C=O) groups is 2. The lowest BCUT2D eigenvalue weighted by atomic mass is 9.43. The van der Waals surface area contributed by atoms with Crippen molar-refractivity contribution in [2.45, 2.75) is 91.3 Å². The number of aliphatic hydroxyl groups is 2. The first kappa shape index (κ1) is 22.3. The summed E-state index contributed by atoms with van der Waals surface area (Å²) in [4.78, 5) is 25.1. The predicted octanol–water partition coefficient (Wildman–Crippen LogP) is 3.90. The summed E-state index contributed by atoms with van der Waals surface area (Å²) in [5, 5.41) is 30.8. The SMILES string of the molecule is C[C@H](C[C@H](C)C(=O)O)[C@H]1CC[C@H]2[C@@H]3[C@@H](O)C[C@@H]4C[C@H](O)CC[C@]4(C)[C@H]3CC(=O)[C@]12C. The molecule has 5 nitrogen and oxygen atoms in total. The average molecular weight is 421 g/mol. The van der Waals surface area contributed by atoms with E-state index in [4.69, 9.17) is 0 Å². The number of aliphatic hydroxyl groups excluding tert-OH is 2. The normalized spacial score (nSPS) is 50.2. The molecule has 4 rings (SSSR count). The van der Waals surface area contributed by atoms with E-state index in [1.54, 1.807) is 6.92 Å². The molecular weight excluding hydrogens is 380 g/mol. The van der Waals surface area contributed by atoms with Crippen LogP contribution < -0.4 is 0 Å². The molecule has 0 unspecified atom stereocenters. The van der Waals surface area contributed by atoms with Crippen molar-refractivity contribution >= 4 is 11.8 Å². The minimum absolute atomic E-state index is 0.0294. The molecule has 4 saturated carbocycles. The van der Waals surface area contributed by atoms with Gasteiger partial charge in [-0.2, -0.15) is 0 Å². The lowest BCUT2D eigenvalue weighted by Crippen LogP contribution is -2.61. The summed E-state index contributed by atoms with van der Waals surface area (Å²) in [6.07, 6.45) is 5.61. The second-order valence-corrected chi connectivity index (χ2v) is 11.8. The summed E-state index contributed by atoms with van der Waals surface area (Å²) < 4.78 is 0. The Labute approximate surface area is 180 Å². The van der Waals surface area contributed by atoms with E-state index in [9.17, 15) is 24.9 Å². The van der Waals surface area contributed by atoms with Crippen LogP contribution in [0.5, 0.6) is 0 Å². The molecule has 0 heterocycles. The summed E-state index contributed by atoms with van der Waals surface area (Å²) in [6.45, 7) is 8.32. The molecule has 11 atom stereocenters. The molecule has 4 aliphatic rings. The van der Waals surface area contributed by atoms with E-state index in [1.807, 2.05) is 0 Å². The van der Waals surface area contributed by atoms with Gasteiger partial charge in [0.15, 0.2) is 0 Å². The molecule has 0 saturated heterocycles. The van der Waals surface area contributed by atoms with Crippen molar-refractivity contribution in [3.05, 3.63) is 0 Å². The van der Waals surface area contributed by atoms with Crippen molar-refractivity contribution in [1.29, 1.82) is 0 Å². The van der Waals surface area contributed by atoms with Crippen LogP contribution in [0.4, 0.5) is 0 Å². The Kier molecular flexibility index (Phi) is 5.63. The number of rotatable bonds is 4. The molecule has 0 aromatic heterocycles. The number of carboxylic acid groups (broad SMARTS) is 1. The fourth-order valence-corrected chi connectivity index (χ4v) is 8.68. The van der Waals surface area contributed by atoms with Gasteiger partial charge in [0.1, 0.15) is 5.78 Å². The molecule has 0 aromatic carbocycles. The van der Waals surface area contributed by atoms with E-state index in [0.29, 0.717) is 24.5 Å². The molecule has 3 N–H and O–H groups in total. The second kappa shape index (κ2) is 7.58. The van der Waals surface area contributed by atoms with Gasteiger partial charge in [0.05, 0.1) is 18.1 Å². The Hall–Kier alpha value is -0.940. The largest absolute Gasteiger partial charge is 0.481 e. The summed E-state index contributed by atoms with van der Waals surface area (Å²) in [6, 6.07) is 0. The second-order valence-electron chi connectivity index (χ2n) is 11.8. The van der Waals surface area contributed by atoms with Gasteiger partial charge in [-0.05, 0) is 85.9 Å². The van der Waals surface area contributed by atoms with Crippen molar-refractivity contribution in [1.82, 2.24) is 0 Å². The van der Waals surface area contributed by atoms with Gasteiger partial charge in [-0.25, -0.2) is 0 Å². The first-order valence-corrected chi connectivity index (χ1v) is 12.1. The third kappa shape index (κ3) is 3.18. The lowest BCUT2D eigenvalue weighted by Gasteiger charge is -2.61. The highest BCUT2D eigenvalue weighted by Crippen LogP contribution is 2.67. The molecule has 5 heteroatoms. The standard InChI is InChI=1S/C25H40O5/c1-13(9-14(2)23(29)30)17-5-6-18-22-19(12-21(28)25(17,18)4)24(3)8-7-16(26)10-15(24)11-20(22)27/h13-20,22,26-27H,5-12H2,1-4H3,(H,29,30)/t13-,14+,15+,16-,17-,18+,19+,20+,22+,24+,25-/m1/s1. The number of ketones is 1. The topological polar surface area (TPSA) is 94.8 Å². The van der Waals surface area contributed by atoms with Gasteiger partial charge in [-0.3, -0.25) is 9.59 Å². The highest BCUT2D eigenvalue weighted by atomic mass is 16.4. The fourth-order valence-electron chi connectivity index (χ4n) is 8.68. The summed E-state index contributed by atoms with van der Waals surface area (Å²) in [5.74, 6) is 0.392. The number of carboxylic acids is 1. The molecule has 170 valence electrons. The third-order valence-corrected chi connectivity index (χ3v) is 10.4. The van der Waals surface area contributed by atoms with E-state index in [1.165, 1.54) is 0 Å². The van der Waals surface area contributed by atoms with Gasteiger partial charge < -0.3 is 15.3 Å². The summed E-state index contributed by atoms with van der Waals surface area (Å²) in [5.41, 5.74) is -0.418. The molecule has 0 radical (unpaired) electrons. The van der Waals surface area contributed by atoms with Gasteiger partial charge in [-0.15, -0.1) is 0 Å². The highest BCUT2D eigenvalue weighted by Gasteiger charge is 2.65. The first-order valence-electron chi connectivity index (χ1n) is 12.1. The van der Waals surface area contributed by atoms with E-state index >= 15 is 0 Å². The predicted molar refractivity (Wildman–Crippen MR) is 114 cm³/mol. The highest BCUT2D eigenvalue weighted by molar-refractivity contribution is 5.87. The van der Waals surface area contributed by atoms with Crippen LogP contribution in [-0.4, -0.2) is 39.3 Å². The zero-order valence-corrected chi connectivity index (χ0v) is 19.0. The van der Waals surface area contributed by atoms with Crippen LogP contribution in [0.2, 0.25) is 0 Å². The fraction of sp³-hybridized carbons (Fsp3) is 0.920. The number of fused-ring (bicyclic) bond motifs is 5. The summed E-state index contributed by atoms with van der Waals surface area (Å²) >= 11 is 0. The number of hydrogen-bond donors (Lipinski definition) is 3. The zero-order valence-electron chi connectivity index (χ0n) is 19.0. The Morgan fingerprint density at radius 3 is 2.47 bits per heavy atom. The smallest absolute Gasteiger partial charge is 0.306 e. The molecule has 0 amide bonds. The van der Waals surface area contributed by atoms with Gasteiger partial charge in [0.25, 0.3) is 0 Å². The molecule has 30 heavy (non-hydrogen) atoms. The van der Waals surface area contributed by atoms with Crippen LogP contribution >= 0.6 is 0 Å². The first-order chi connectivity index (χ1) is 14.0. The Morgan fingerprint density at radius 1 is 1.10 bits per heavy atom. The third-order valence-electron chi connectivity index (χ3n) is 10.4. The van der Waals surface area contributed by atoms with Crippen LogP contribution in [-0.2, 0) is 9.59 Å². The van der Waals surface area contributed by atoms with Crippen molar-refractivity contribution in [2.75, 3.05) is 0 Å². The molecule has 0 spiro atoms. The minimum atomic E-state index is -0.766. The number of carbonyl (C=O) groups excluding carboxylic acids is 1. The molecule has 0 bridgehead atoms. The number of aliphatic carboxylic acids is 1. The van der Waals surface area contributed by atoms with Gasteiger partial charge in [0.2, 0.25) is 0 Å². The molecule has 0 aromatic rings. The van der Waals surface area contributed by atoms with Gasteiger partial charge in [0, 0.05) is 11.8 Å². The maximum Gasteiger partial charge on any atom is 0.306 e. The summed E-state index contributed by atoms with van der Waals surface area (Å²) in [7, 11) is 0. The Balaban J connectivity index is 1.62. The van der Waals surface area contributed by atoms with Crippen LogP contribution in [0.1, 0.15) is 79.1 Å². The zero-order chi connectivity index (χ0) is 22.0. The van der Waals surface area contributed by atoms with Crippen LogP contribution in [0.3, 0.4) is 0 Å². The van der Waals surface area contributed by atoms with Crippen molar-refractivity contribution < 1.29 is 24.9 Å². The van der Waals surface area contributed by atoms with Crippen molar-refractivity contribution in [2.24, 2.45) is 52.3 Å². The quantitative estimate of drug-likeness (QED) is 0.641. The van der Waals surface area contributed by atoms with E-state index in [-0.39, 0.29) is 41.1 Å². The number of Topliss-reactive ketones (excluding diaryl/α,β-unsaturated/α-hetero) is 1. The molecule has 4 fully saturated rings. The Bertz CT molecular complexity index is 706. The van der Waals surface area contributed by atoms with E-state index in [2.05, 4.69) is 20.8 Å². The maximum atomic E-state index is 13.7. The van der Waals surface area contributed by atoms with Gasteiger partial charge in [-0.1, -0.05) is 27.7 Å². The average Bonchev–Trinajstić information content (AvgIpc) is 3.02. The lowest BCUT2D eigenvalue weighted by molar-refractivity contribution is -0.181. The molecule has 4 aliphatic carbocycles. The maximum absolute atomic E-state index is 13.7.